The highest BCUT2D eigenvalue weighted by molar-refractivity contribution is 6.04. The molecule has 1 amide bonds. The standard InChI is InChI=1S/C24H20FN3O3/c1-15-5-10-19(27-24(30)17-6-8-18(25)9-7-17)12-21(15)31-14-20-13-22(29)28-11-3-4-16(2)23(28)26-20/h3-13H,14H2,1-2H3,(H,27,30). The molecule has 0 aliphatic rings. The van der Waals surface area contributed by atoms with E-state index in [0.717, 1.165) is 11.1 Å². The molecule has 2 aromatic carbocycles. The summed E-state index contributed by atoms with van der Waals surface area (Å²) in [4.78, 5) is 29.3. The minimum Gasteiger partial charge on any atom is -0.487 e. The van der Waals surface area contributed by atoms with Crippen LogP contribution in [0.3, 0.4) is 0 Å². The molecule has 0 fully saturated rings. The number of aryl methyl sites for hydroxylation is 2. The lowest BCUT2D eigenvalue weighted by molar-refractivity contribution is 0.102. The van der Waals surface area contributed by atoms with Crippen LogP contribution >= 0.6 is 0 Å². The number of fused-ring (bicyclic) bond motifs is 1. The fraction of sp³-hybridized carbons (Fsp3) is 0.125. The van der Waals surface area contributed by atoms with Gasteiger partial charge in [0.2, 0.25) is 0 Å². The Morgan fingerprint density at radius 2 is 1.84 bits per heavy atom. The number of ether oxygens (including phenoxy) is 1. The van der Waals surface area contributed by atoms with Gasteiger partial charge >= 0.3 is 0 Å². The summed E-state index contributed by atoms with van der Waals surface area (Å²) in [5, 5.41) is 2.77. The Hall–Kier alpha value is -4.00. The van der Waals surface area contributed by atoms with E-state index in [1.165, 1.54) is 34.7 Å². The number of halogens is 1. The number of carbonyl (C=O) groups is 1. The second-order valence-electron chi connectivity index (χ2n) is 7.20. The van der Waals surface area contributed by atoms with E-state index in [1.807, 2.05) is 26.0 Å². The van der Waals surface area contributed by atoms with Crippen molar-refractivity contribution in [3.63, 3.8) is 0 Å². The Morgan fingerprint density at radius 3 is 2.61 bits per heavy atom. The molecule has 2 aromatic heterocycles. The molecular weight excluding hydrogens is 397 g/mol. The first-order valence-electron chi connectivity index (χ1n) is 9.69. The molecule has 0 saturated heterocycles. The molecule has 4 rings (SSSR count). The minimum absolute atomic E-state index is 0.107. The Bertz CT molecular complexity index is 1330. The summed E-state index contributed by atoms with van der Waals surface area (Å²) in [5.41, 5.74) is 3.57. The number of benzene rings is 2. The Labute approximate surface area is 178 Å². The molecule has 0 aliphatic heterocycles. The van der Waals surface area contributed by atoms with Crippen molar-refractivity contribution in [1.29, 1.82) is 0 Å². The van der Waals surface area contributed by atoms with E-state index in [2.05, 4.69) is 10.3 Å². The molecule has 0 aliphatic carbocycles. The zero-order valence-corrected chi connectivity index (χ0v) is 17.1. The minimum atomic E-state index is -0.403. The van der Waals surface area contributed by atoms with Crippen molar-refractivity contribution in [1.82, 2.24) is 9.38 Å². The number of hydrogen-bond acceptors (Lipinski definition) is 4. The molecule has 7 heteroatoms. The lowest BCUT2D eigenvalue weighted by Crippen LogP contribution is -2.17. The predicted octanol–water partition coefficient (Wildman–Crippen LogP) is 4.28. The molecule has 0 bridgehead atoms. The van der Waals surface area contributed by atoms with Crippen LogP contribution in [0.1, 0.15) is 27.2 Å². The summed E-state index contributed by atoms with van der Waals surface area (Å²) in [5.74, 6) is -0.196. The van der Waals surface area contributed by atoms with E-state index >= 15 is 0 Å². The van der Waals surface area contributed by atoms with Crippen LogP contribution in [-0.4, -0.2) is 15.3 Å². The summed E-state index contributed by atoms with van der Waals surface area (Å²) >= 11 is 0. The van der Waals surface area contributed by atoms with Crippen molar-refractivity contribution >= 4 is 17.2 Å². The molecule has 0 saturated carbocycles. The van der Waals surface area contributed by atoms with Gasteiger partial charge in [0.05, 0.1) is 5.69 Å². The number of nitrogens with one attached hydrogen (secondary N) is 1. The third-order valence-electron chi connectivity index (χ3n) is 4.87. The quantitative estimate of drug-likeness (QED) is 0.526. The van der Waals surface area contributed by atoms with Crippen LogP contribution in [-0.2, 0) is 6.61 Å². The summed E-state index contributed by atoms with van der Waals surface area (Å²) in [7, 11) is 0. The van der Waals surface area contributed by atoms with Crippen molar-refractivity contribution in [3.05, 3.63) is 105 Å². The Kier molecular flexibility index (Phi) is 5.49. The molecule has 31 heavy (non-hydrogen) atoms. The zero-order chi connectivity index (χ0) is 22.0. The number of pyridine rings is 1. The van der Waals surface area contributed by atoms with Crippen LogP contribution in [0.5, 0.6) is 5.75 Å². The molecule has 4 aromatic rings. The van der Waals surface area contributed by atoms with Crippen LogP contribution < -0.4 is 15.6 Å². The number of amides is 1. The van der Waals surface area contributed by atoms with Gasteiger partial charge in [0, 0.05) is 29.6 Å². The third kappa shape index (κ3) is 4.45. The van der Waals surface area contributed by atoms with E-state index in [0.29, 0.717) is 28.3 Å². The van der Waals surface area contributed by atoms with Gasteiger partial charge in [-0.2, -0.15) is 0 Å². The van der Waals surface area contributed by atoms with Crippen molar-refractivity contribution in [2.75, 3.05) is 5.32 Å². The first kappa shape index (κ1) is 20.3. The third-order valence-corrected chi connectivity index (χ3v) is 4.87. The molecule has 0 spiro atoms. The van der Waals surface area contributed by atoms with Gasteiger partial charge in [-0.15, -0.1) is 0 Å². The molecule has 0 radical (unpaired) electrons. The maximum atomic E-state index is 13.1. The van der Waals surface area contributed by atoms with Gasteiger partial charge in [0.15, 0.2) is 0 Å². The van der Waals surface area contributed by atoms with Gasteiger partial charge in [-0.3, -0.25) is 14.0 Å². The van der Waals surface area contributed by atoms with E-state index in [-0.39, 0.29) is 18.1 Å². The molecular formula is C24H20FN3O3. The van der Waals surface area contributed by atoms with Gasteiger partial charge < -0.3 is 10.1 Å². The van der Waals surface area contributed by atoms with Crippen molar-refractivity contribution < 1.29 is 13.9 Å². The van der Waals surface area contributed by atoms with Crippen LogP contribution in [0.25, 0.3) is 5.65 Å². The normalized spacial score (nSPS) is 10.8. The molecule has 156 valence electrons. The molecule has 1 N–H and O–H groups in total. The van der Waals surface area contributed by atoms with Crippen LogP contribution in [0.2, 0.25) is 0 Å². The van der Waals surface area contributed by atoms with Crippen LogP contribution in [0, 0.1) is 19.7 Å². The number of aromatic nitrogens is 2. The fourth-order valence-corrected chi connectivity index (χ4v) is 3.17. The van der Waals surface area contributed by atoms with Gasteiger partial charge in [-0.1, -0.05) is 12.1 Å². The average molecular weight is 417 g/mol. The number of nitrogens with zero attached hydrogens (tertiary/aromatic N) is 2. The fourth-order valence-electron chi connectivity index (χ4n) is 3.17. The maximum Gasteiger partial charge on any atom is 0.258 e. The first-order valence-corrected chi connectivity index (χ1v) is 9.69. The van der Waals surface area contributed by atoms with Gasteiger partial charge in [-0.05, 0) is 61.4 Å². The molecule has 6 nitrogen and oxygen atoms in total. The summed E-state index contributed by atoms with van der Waals surface area (Å²) < 4.78 is 20.5. The Morgan fingerprint density at radius 1 is 1.06 bits per heavy atom. The lowest BCUT2D eigenvalue weighted by Gasteiger charge is -2.12. The smallest absolute Gasteiger partial charge is 0.258 e. The topological polar surface area (TPSA) is 72.7 Å². The maximum absolute atomic E-state index is 13.1. The lowest BCUT2D eigenvalue weighted by atomic mass is 10.1. The van der Waals surface area contributed by atoms with E-state index < -0.39 is 5.82 Å². The summed E-state index contributed by atoms with van der Waals surface area (Å²) in [6, 6.07) is 15.7. The molecule has 0 atom stereocenters. The number of hydrogen-bond donors (Lipinski definition) is 1. The Balaban J connectivity index is 1.52. The molecule has 0 unspecified atom stereocenters. The first-order chi connectivity index (χ1) is 14.9. The predicted molar refractivity (Wildman–Crippen MR) is 116 cm³/mol. The van der Waals surface area contributed by atoms with E-state index in [1.54, 1.807) is 24.4 Å². The highest BCUT2D eigenvalue weighted by atomic mass is 19.1. The number of anilines is 1. The molecule has 2 heterocycles. The van der Waals surface area contributed by atoms with E-state index in [9.17, 15) is 14.0 Å². The van der Waals surface area contributed by atoms with Crippen molar-refractivity contribution in [3.8, 4) is 5.75 Å². The second kappa shape index (κ2) is 8.39. The summed E-state index contributed by atoms with van der Waals surface area (Å²) in [6.07, 6.45) is 1.68. The van der Waals surface area contributed by atoms with Crippen LogP contribution in [0.15, 0.2) is 71.7 Å². The van der Waals surface area contributed by atoms with Crippen LogP contribution in [0.4, 0.5) is 10.1 Å². The number of carbonyl (C=O) groups excluding carboxylic acids is 1. The summed E-state index contributed by atoms with van der Waals surface area (Å²) in [6.45, 7) is 3.88. The monoisotopic (exact) mass is 417 g/mol. The van der Waals surface area contributed by atoms with Crippen molar-refractivity contribution in [2.45, 2.75) is 20.5 Å². The van der Waals surface area contributed by atoms with Gasteiger partial charge in [-0.25, -0.2) is 9.37 Å². The average Bonchev–Trinajstić information content (AvgIpc) is 2.75. The zero-order valence-electron chi connectivity index (χ0n) is 17.1. The number of rotatable bonds is 5. The van der Waals surface area contributed by atoms with Gasteiger partial charge in [0.25, 0.3) is 11.5 Å². The second-order valence-corrected chi connectivity index (χ2v) is 7.20. The van der Waals surface area contributed by atoms with Crippen molar-refractivity contribution in [2.24, 2.45) is 0 Å². The van der Waals surface area contributed by atoms with Gasteiger partial charge in [0.1, 0.15) is 23.8 Å². The van der Waals surface area contributed by atoms with E-state index in [4.69, 9.17) is 4.74 Å². The highest BCUT2D eigenvalue weighted by Crippen LogP contribution is 2.24. The highest BCUT2D eigenvalue weighted by Gasteiger charge is 2.10. The largest absolute Gasteiger partial charge is 0.487 e. The SMILES string of the molecule is Cc1ccc(NC(=O)c2ccc(F)cc2)cc1OCc1cc(=O)n2cccc(C)c2n1.